The number of ether oxygens (including phenoxy) is 1. The SMILES string of the molecule is C=C(/C=C\C(=C/C)N1CCN(S(=O)C2(CC)CCN(c3cnccn3)CC2)CC1)OCCCC(F)(F)F. The third kappa shape index (κ3) is 8.29. The molecule has 1 aromatic heterocycles. The number of halogens is 3. The van der Waals surface area contributed by atoms with Gasteiger partial charge in [-0.1, -0.05) is 19.6 Å². The molecule has 2 aliphatic heterocycles. The van der Waals surface area contributed by atoms with E-state index in [0.29, 0.717) is 18.8 Å². The fourth-order valence-corrected chi connectivity index (χ4v) is 6.54. The summed E-state index contributed by atoms with van der Waals surface area (Å²) in [7, 11) is -1.08. The number of anilines is 1. The number of hydrogen-bond acceptors (Lipinski definition) is 6. The lowest BCUT2D eigenvalue weighted by Gasteiger charge is -2.45. The highest BCUT2D eigenvalue weighted by atomic mass is 32.2. The predicted molar refractivity (Wildman–Crippen MR) is 141 cm³/mol. The van der Waals surface area contributed by atoms with Crippen molar-refractivity contribution < 1.29 is 22.1 Å². The average molecular weight is 542 g/mol. The third-order valence-corrected chi connectivity index (χ3v) is 9.30. The van der Waals surface area contributed by atoms with Crippen LogP contribution in [0.1, 0.15) is 46.0 Å². The zero-order valence-electron chi connectivity index (χ0n) is 21.8. The van der Waals surface area contributed by atoms with E-state index in [1.807, 2.05) is 19.1 Å². The minimum absolute atomic E-state index is 0.0198. The van der Waals surface area contributed by atoms with E-state index >= 15 is 0 Å². The normalized spacial score (nSPS) is 20.3. The van der Waals surface area contributed by atoms with Crippen LogP contribution < -0.4 is 4.90 Å². The van der Waals surface area contributed by atoms with Gasteiger partial charge in [0, 0.05) is 63.8 Å². The lowest BCUT2D eigenvalue weighted by Crippen LogP contribution is -2.55. The molecule has 0 amide bonds. The molecule has 7 nitrogen and oxygen atoms in total. The van der Waals surface area contributed by atoms with Crippen molar-refractivity contribution in [2.45, 2.75) is 56.9 Å². The van der Waals surface area contributed by atoms with Gasteiger partial charge in [-0.25, -0.2) is 13.5 Å². The Balaban J connectivity index is 1.47. The molecule has 0 spiro atoms. The summed E-state index contributed by atoms with van der Waals surface area (Å²) in [6.45, 7) is 12.3. The fraction of sp³-hybridized carbons (Fsp3) is 0.615. The van der Waals surface area contributed by atoms with Gasteiger partial charge in [0.15, 0.2) is 0 Å². The lowest BCUT2D eigenvalue weighted by atomic mass is 9.93. The Morgan fingerprint density at radius 2 is 1.86 bits per heavy atom. The van der Waals surface area contributed by atoms with E-state index < -0.39 is 23.6 Å². The van der Waals surface area contributed by atoms with Crippen molar-refractivity contribution >= 4 is 16.8 Å². The molecule has 0 aliphatic carbocycles. The minimum atomic E-state index is -4.17. The molecule has 0 bridgehead atoms. The molecular formula is C26H38F3N5O2S. The average Bonchev–Trinajstić information content (AvgIpc) is 2.91. The zero-order chi connectivity index (χ0) is 26.9. The number of aromatic nitrogens is 2. The van der Waals surface area contributed by atoms with E-state index in [0.717, 1.165) is 57.0 Å². The standard InChI is InChI=1S/C26H38F3N5O2S/c1-4-23(8-7-22(3)36-20-6-9-26(27,28)29)32-16-18-34(19-17-32)37(35)25(5-2)10-14-33(15-11-25)24-21-30-12-13-31-24/h4,7-8,12-13,21H,3,5-6,9-11,14-20H2,1-2H3/b8-7-,23-4+. The van der Waals surface area contributed by atoms with Crippen LogP contribution in [0.5, 0.6) is 0 Å². The van der Waals surface area contributed by atoms with E-state index in [1.54, 1.807) is 24.7 Å². The summed E-state index contributed by atoms with van der Waals surface area (Å²) in [5.74, 6) is 1.20. The van der Waals surface area contributed by atoms with Crippen molar-refractivity contribution in [3.63, 3.8) is 0 Å². The van der Waals surface area contributed by atoms with Crippen LogP contribution >= 0.6 is 0 Å². The Bertz CT molecular complexity index is 955. The molecule has 0 N–H and O–H groups in total. The second-order valence-electron chi connectivity index (χ2n) is 9.33. The fourth-order valence-electron chi connectivity index (χ4n) is 4.72. The van der Waals surface area contributed by atoms with Gasteiger partial charge in [0.2, 0.25) is 0 Å². The Labute approximate surface area is 220 Å². The smallest absolute Gasteiger partial charge is 0.389 e. The number of allylic oxidation sites excluding steroid dienone is 3. The number of piperazine rings is 1. The van der Waals surface area contributed by atoms with Gasteiger partial charge in [-0.3, -0.25) is 4.98 Å². The molecule has 1 atom stereocenters. The van der Waals surface area contributed by atoms with Crippen molar-refractivity contribution in [2.24, 2.45) is 0 Å². The molecule has 1 unspecified atom stereocenters. The van der Waals surface area contributed by atoms with Gasteiger partial charge in [-0.2, -0.15) is 13.2 Å². The zero-order valence-corrected chi connectivity index (χ0v) is 22.6. The predicted octanol–water partition coefficient (Wildman–Crippen LogP) is 4.84. The maximum Gasteiger partial charge on any atom is 0.389 e. The highest BCUT2D eigenvalue weighted by Gasteiger charge is 2.42. The second kappa shape index (κ2) is 13.4. The third-order valence-electron chi connectivity index (χ3n) is 7.03. The van der Waals surface area contributed by atoms with Crippen LogP contribution in [-0.2, 0) is 15.7 Å². The summed E-state index contributed by atoms with van der Waals surface area (Å²) < 4.78 is 57.7. The van der Waals surface area contributed by atoms with Crippen LogP contribution in [0.25, 0.3) is 0 Å². The minimum Gasteiger partial charge on any atom is -0.494 e. The summed E-state index contributed by atoms with van der Waals surface area (Å²) >= 11 is 0. The van der Waals surface area contributed by atoms with E-state index in [2.05, 4.69) is 37.6 Å². The summed E-state index contributed by atoms with van der Waals surface area (Å²) in [5.41, 5.74) is 0.980. The Kier molecular flexibility index (Phi) is 10.6. The largest absolute Gasteiger partial charge is 0.494 e. The van der Waals surface area contributed by atoms with Crippen LogP contribution in [-0.4, -0.2) is 80.2 Å². The molecular weight excluding hydrogens is 503 g/mol. The number of hydrogen-bond donors (Lipinski definition) is 0. The van der Waals surface area contributed by atoms with Crippen molar-refractivity contribution in [2.75, 3.05) is 50.8 Å². The number of rotatable bonds is 11. The maximum absolute atomic E-state index is 13.7. The first-order chi connectivity index (χ1) is 17.7. The van der Waals surface area contributed by atoms with Gasteiger partial charge in [-0.15, -0.1) is 0 Å². The van der Waals surface area contributed by atoms with Gasteiger partial charge in [0.05, 0.1) is 17.6 Å². The molecule has 0 radical (unpaired) electrons. The molecule has 37 heavy (non-hydrogen) atoms. The van der Waals surface area contributed by atoms with Gasteiger partial charge in [0.25, 0.3) is 0 Å². The van der Waals surface area contributed by atoms with Crippen LogP contribution in [0.3, 0.4) is 0 Å². The van der Waals surface area contributed by atoms with Crippen LogP contribution in [0.4, 0.5) is 19.0 Å². The lowest BCUT2D eigenvalue weighted by molar-refractivity contribution is -0.137. The molecule has 0 saturated carbocycles. The summed E-state index contributed by atoms with van der Waals surface area (Å²) in [4.78, 5) is 13.0. The first kappa shape index (κ1) is 29.2. The van der Waals surface area contributed by atoms with E-state index in [4.69, 9.17) is 4.74 Å². The van der Waals surface area contributed by atoms with Gasteiger partial charge < -0.3 is 14.5 Å². The molecule has 206 valence electrons. The Hall–Kier alpha value is -2.40. The molecule has 2 aliphatic rings. The molecule has 2 saturated heterocycles. The number of nitrogens with zero attached hydrogens (tertiary/aromatic N) is 5. The van der Waals surface area contributed by atoms with Gasteiger partial charge in [0.1, 0.15) is 22.6 Å². The van der Waals surface area contributed by atoms with Crippen molar-refractivity contribution in [1.82, 2.24) is 19.2 Å². The Morgan fingerprint density at radius 3 is 2.43 bits per heavy atom. The Morgan fingerprint density at radius 1 is 1.16 bits per heavy atom. The van der Waals surface area contributed by atoms with Crippen LogP contribution in [0.15, 0.2) is 54.9 Å². The number of piperidine rings is 1. The molecule has 1 aromatic rings. The quantitative estimate of drug-likeness (QED) is 0.227. The molecule has 11 heteroatoms. The molecule has 3 heterocycles. The topological polar surface area (TPSA) is 61.8 Å². The van der Waals surface area contributed by atoms with E-state index in [1.165, 1.54) is 0 Å². The van der Waals surface area contributed by atoms with Gasteiger partial charge >= 0.3 is 6.18 Å². The first-order valence-electron chi connectivity index (χ1n) is 12.8. The van der Waals surface area contributed by atoms with E-state index in [-0.39, 0.29) is 17.8 Å². The monoisotopic (exact) mass is 541 g/mol. The highest BCUT2D eigenvalue weighted by Crippen LogP contribution is 2.35. The highest BCUT2D eigenvalue weighted by molar-refractivity contribution is 7.84. The summed E-state index contributed by atoms with van der Waals surface area (Å²) in [6.07, 6.45) is 8.11. The maximum atomic E-state index is 13.7. The van der Waals surface area contributed by atoms with E-state index in [9.17, 15) is 17.4 Å². The second-order valence-corrected chi connectivity index (χ2v) is 11.2. The molecule has 3 rings (SSSR count). The molecule has 0 aromatic carbocycles. The van der Waals surface area contributed by atoms with Crippen molar-refractivity contribution in [1.29, 1.82) is 0 Å². The van der Waals surface area contributed by atoms with Crippen molar-refractivity contribution in [3.05, 3.63) is 54.9 Å². The summed E-state index contributed by atoms with van der Waals surface area (Å²) in [6, 6.07) is 0. The van der Waals surface area contributed by atoms with Crippen LogP contribution in [0, 0.1) is 0 Å². The molecule has 2 fully saturated rings. The number of alkyl halides is 3. The van der Waals surface area contributed by atoms with Crippen LogP contribution in [0.2, 0.25) is 0 Å². The van der Waals surface area contributed by atoms with Gasteiger partial charge in [-0.05, 0) is 44.8 Å². The first-order valence-corrected chi connectivity index (χ1v) is 13.9. The summed E-state index contributed by atoms with van der Waals surface area (Å²) in [5, 5.41) is 0. The van der Waals surface area contributed by atoms with Crippen molar-refractivity contribution in [3.8, 4) is 0 Å².